The van der Waals surface area contributed by atoms with Crippen LogP contribution < -0.4 is 19.8 Å². The Bertz CT molecular complexity index is 1390. The topological polar surface area (TPSA) is 93.8 Å². The number of pyridine rings is 2. The minimum atomic E-state index is -0.295. The van der Waals surface area contributed by atoms with E-state index in [2.05, 4.69) is 9.97 Å². The van der Waals surface area contributed by atoms with Crippen molar-refractivity contribution in [2.24, 2.45) is 0 Å². The molecule has 0 saturated heterocycles. The molecular formula is C27H27N3O5. The maximum Gasteiger partial charge on any atom is 0.254 e. The first kappa shape index (κ1) is 23.8. The highest BCUT2D eigenvalue weighted by atomic mass is 16.5. The predicted octanol–water partition coefficient (Wildman–Crippen LogP) is 4.10. The number of hydrogen-bond acceptors (Lipinski definition) is 6. The summed E-state index contributed by atoms with van der Waals surface area (Å²) >= 11 is 0. The predicted molar refractivity (Wildman–Crippen MR) is 133 cm³/mol. The van der Waals surface area contributed by atoms with Gasteiger partial charge in [-0.15, -0.1) is 0 Å². The van der Waals surface area contributed by atoms with Gasteiger partial charge in [-0.25, -0.2) is 0 Å². The Morgan fingerprint density at radius 3 is 2.34 bits per heavy atom. The molecular weight excluding hydrogens is 446 g/mol. The number of hydrogen-bond donors (Lipinski definition) is 1. The quantitative estimate of drug-likeness (QED) is 0.414. The second-order valence-electron chi connectivity index (χ2n) is 8.10. The van der Waals surface area contributed by atoms with Gasteiger partial charge in [0.15, 0.2) is 11.5 Å². The zero-order valence-corrected chi connectivity index (χ0v) is 20.1. The zero-order valence-electron chi connectivity index (χ0n) is 20.1. The van der Waals surface area contributed by atoms with Crippen molar-refractivity contribution in [2.75, 3.05) is 21.3 Å². The number of nitrogens with zero attached hydrogens (tertiary/aromatic N) is 2. The molecule has 0 aliphatic carbocycles. The van der Waals surface area contributed by atoms with E-state index in [-0.39, 0.29) is 24.6 Å². The third-order valence-electron chi connectivity index (χ3n) is 5.82. The molecule has 4 rings (SSSR count). The van der Waals surface area contributed by atoms with Gasteiger partial charge in [0.05, 0.1) is 33.4 Å². The summed E-state index contributed by atoms with van der Waals surface area (Å²) in [6.07, 6.45) is 3.37. The van der Waals surface area contributed by atoms with Crippen LogP contribution in [0.5, 0.6) is 17.2 Å². The number of amides is 1. The largest absolute Gasteiger partial charge is 0.493 e. The number of rotatable bonds is 8. The molecule has 1 N–H and O–H groups in total. The van der Waals surface area contributed by atoms with E-state index in [1.807, 2.05) is 43.3 Å². The molecule has 2 aromatic heterocycles. The van der Waals surface area contributed by atoms with Gasteiger partial charge in [-0.05, 0) is 47.7 Å². The Morgan fingerprint density at radius 1 is 0.971 bits per heavy atom. The van der Waals surface area contributed by atoms with Crippen LogP contribution in [0, 0.1) is 6.92 Å². The van der Waals surface area contributed by atoms with Crippen LogP contribution in [0.25, 0.3) is 10.9 Å². The molecule has 0 aliphatic rings. The molecule has 2 aromatic carbocycles. The monoisotopic (exact) mass is 473 g/mol. The van der Waals surface area contributed by atoms with Crippen molar-refractivity contribution in [3.8, 4) is 17.2 Å². The molecule has 1 amide bonds. The lowest BCUT2D eigenvalue weighted by Crippen LogP contribution is -2.32. The van der Waals surface area contributed by atoms with Crippen molar-refractivity contribution in [2.45, 2.75) is 20.0 Å². The van der Waals surface area contributed by atoms with E-state index >= 15 is 0 Å². The Labute approximate surface area is 203 Å². The van der Waals surface area contributed by atoms with Gasteiger partial charge in [-0.2, -0.15) is 0 Å². The highest BCUT2D eigenvalue weighted by Crippen LogP contribution is 2.38. The highest BCUT2D eigenvalue weighted by molar-refractivity contribution is 5.95. The first-order chi connectivity index (χ1) is 16.9. The average molecular weight is 474 g/mol. The first-order valence-electron chi connectivity index (χ1n) is 11.0. The number of carbonyl (C=O) groups excluding carboxylic acids is 1. The number of para-hydroxylation sites is 1. The van der Waals surface area contributed by atoms with Gasteiger partial charge in [-0.1, -0.05) is 24.3 Å². The summed E-state index contributed by atoms with van der Waals surface area (Å²) in [5.74, 6) is 0.842. The lowest BCUT2D eigenvalue weighted by molar-refractivity contribution is 0.0728. The SMILES string of the molecule is COc1cc(C(=O)N(Cc2cccnc2)Cc2cc3cccc(C)c3[nH]c2=O)cc(OC)c1OC. The van der Waals surface area contributed by atoms with Crippen LogP contribution in [-0.4, -0.2) is 42.1 Å². The van der Waals surface area contributed by atoms with Crippen molar-refractivity contribution in [1.29, 1.82) is 0 Å². The molecule has 35 heavy (non-hydrogen) atoms. The normalized spacial score (nSPS) is 10.7. The molecule has 4 aromatic rings. The summed E-state index contributed by atoms with van der Waals surface area (Å²) in [4.78, 5) is 35.4. The lowest BCUT2D eigenvalue weighted by atomic mass is 10.1. The van der Waals surface area contributed by atoms with Crippen LogP contribution in [0.3, 0.4) is 0 Å². The fourth-order valence-electron chi connectivity index (χ4n) is 4.05. The number of fused-ring (bicyclic) bond motifs is 1. The van der Waals surface area contributed by atoms with Crippen LogP contribution in [0.1, 0.15) is 27.0 Å². The molecule has 0 radical (unpaired) electrons. The highest BCUT2D eigenvalue weighted by Gasteiger charge is 2.23. The molecule has 0 fully saturated rings. The number of aromatic nitrogens is 2. The van der Waals surface area contributed by atoms with Crippen LogP contribution in [0.15, 0.2) is 65.7 Å². The Hall–Kier alpha value is -4.33. The maximum absolute atomic E-state index is 13.8. The molecule has 0 unspecified atom stereocenters. The van der Waals surface area contributed by atoms with Gasteiger partial charge in [0.1, 0.15) is 0 Å². The molecule has 0 aliphatic heterocycles. The van der Waals surface area contributed by atoms with E-state index in [0.29, 0.717) is 28.4 Å². The minimum Gasteiger partial charge on any atom is -0.493 e. The van der Waals surface area contributed by atoms with Crippen LogP contribution >= 0.6 is 0 Å². The average Bonchev–Trinajstić information content (AvgIpc) is 2.88. The summed E-state index contributed by atoms with van der Waals surface area (Å²) < 4.78 is 16.2. The summed E-state index contributed by atoms with van der Waals surface area (Å²) in [5, 5.41) is 0.904. The van der Waals surface area contributed by atoms with Crippen molar-refractivity contribution < 1.29 is 19.0 Å². The van der Waals surface area contributed by atoms with Crippen molar-refractivity contribution in [1.82, 2.24) is 14.9 Å². The van der Waals surface area contributed by atoms with Crippen LogP contribution in [0.2, 0.25) is 0 Å². The molecule has 8 nitrogen and oxygen atoms in total. The summed E-state index contributed by atoms with van der Waals surface area (Å²) in [6, 6.07) is 14.6. The van der Waals surface area contributed by atoms with E-state index < -0.39 is 0 Å². The van der Waals surface area contributed by atoms with Gasteiger partial charge in [0, 0.05) is 30.1 Å². The standard InChI is InChI=1S/C27H27N3O5/c1-17-7-5-9-19-11-21(26(31)29-24(17)19)16-30(15-18-8-6-10-28-14-18)27(32)20-12-22(33-2)25(35-4)23(13-20)34-3/h5-14H,15-16H2,1-4H3,(H,29,31). The second-order valence-corrected chi connectivity index (χ2v) is 8.10. The van der Waals surface area contributed by atoms with Gasteiger partial charge < -0.3 is 24.1 Å². The number of aryl methyl sites for hydroxylation is 1. The second kappa shape index (κ2) is 10.3. The number of methoxy groups -OCH3 is 3. The minimum absolute atomic E-state index is 0.101. The van der Waals surface area contributed by atoms with Gasteiger partial charge >= 0.3 is 0 Å². The van der Waals surface area contributed by atoms with Crippen molar-refractivity contribution in [3.05, 3.63) is 93.5 Å². The zero-order chi connectivity index (χ0) is 24.9. The summed E-state index contributed by atoms with van der Waals surface area (Å²) in [6.45, 7) is 2.30. The molecule has 180 valence electrons. The third-order valence-corrected chi connectivity index (χ3v) is 5.82. The number of nitrogens with one attached hydrogen (secondary N) is 1. The number of carbonyl (C=O) groups is 1. The molecule has 0 saturated carbocycles. The van der Waals surface area contributed by atoms with Gasteiger partial charge in [0.25, 0.3) is 11.5 Å². The Kier molecular flexibility index (Phi) is 7.01. The number of benzene rings is 2. The molecule has 0 spiro atoms. The van der Waals surface area contributed by atoms with Crippen LogP contribution in [-0.2, 0) is 13.1 Å². The lowest BCUT2D eigenvalue weighted by Gasteiger charge is -2.24. The first-order valence-corrected chi connectivity index (χ1v) is 11.0. The fourth-order valence-corrected chi connectivity index (χ4v) is 4.05. The molecule has 8 heteroatoms. The Balaban J connectivity index is 1.77. The molecule has 0 atom stereocenters. The molecule has 0 bridgehead atoms. The van der Waals surface area contributed by atoms with Crippen LogP contribution in [0.4, 0.5) is 0 Å². The third kappa shape index (κ3) is 4.96. The van der Waals surface area contributed by atoms with E-state index in [9.17, 15) is 9.59 Å². The summed E-state index contributed by atoms with van der Waals surface area (Å²) in [5.41, 5.74) is 3.19. The van der Waals surface area contributed by atoms with E-state index in [0.717, 1.165) is 22.0 Å². The van der Waals surface area contributed by atoms with E-state index in [4.69, 9.17) is 14.2 Å². The van der Waals surface area contributed by atoms with E-state index in [1.54, 1.807) is 29.4 Å². The van der Waals surface area contributed by atoms with Gasteiger partial charge in [-0.3, -0.25) is 14.6 Å². The Morgan fingerprint density at radius 2 is 1.71 bits per heavy atom. The summed E-state index contributed by atoms with van der Waals surface area (Å²) in [7, 11) is 4.50. The van der Waals surface area contributed by atoms with Gasteiger partial charge in [0.2, 0.25) is 5.75 Å². The van der Waals surface area contributed by atoms with Crippen molar-refractivity contribution >= 4 is 16.8 Å². The number of H-pyrrole nitrogens is 1. The maximum atomic E-state index is 13.8. The fraction of sp³-hybridized carbons (Fsp3) is 0.222. The number of aromatic amines is 1. The van der Waals surface area contributed by atoms with Crippen molar-refractivity contribution in [3.63, 3.8) is 0 Å². The van der Waals surface area contributed by atoms with E-state index in [1.165, 1.54) is 21.3 Å². The number of ether oxygens (including phenoxy) is 3. The smallest absolute Gasteiger partial charge is 0.254 e. The molecule has 2 heterocycles.